The fourth-order valence-corrected chi connectivity index (χ4v) is 2.71. The van der Waals surface area contributed by atoms with Crippen LogP contribution in [0.3, 0.4) is 0 Å². The highest BCUT2D eigenvalue weighted by Crippen LogP contribution is 2.26. The number of rotatable bonds is 6. The molecule has 3 rings (SSSR count). The summed E-state index contributed by atoms with van der Waals surface area (Å²) >= 11 is 11.9. The minimum absolute atomic E-state index is 0.235. The van der Waals surface area contributed by atoms with Crippen molar-refractivity contribution in [2.75, 3.05) is 17.2 Å². The van der Waals surface area contributed by atoms with E-state index >= 15 is 0 Å². The molecule has 0 heterocycles. The molecule has 0 fully saturated rings. The molecule has 148 valence electrons. The zero-order valence-electron chi connectivity index (χ0n) is 14.9. The van der Waals surface area contributed by atoms with Crippen molar-refractivity contribution < 1.29 is 18.7 Å². The zero-order chi connectivity index (χ0) is 20.8. The molecule has 5 nitrogen and oxygen atoms in total. The first-order valence-corrected chi connectivity index (χ1v) is 9.21. The molecule has 0 aliphatic carbocycles. The van der Waals surface area contributed by atoms with Crippen LogP contribution in [0, 0.1) is 5.82 Å². The van der Waals surface area contributed by atoms with Crippen molar-refractivity contribution in [2.24, 2.45) is 0 Å². The van der Waals surface area contributed by atoms with Crippen LogP contribution in [0.25, 0.3) is 0 Å². The van der Waals surface area contributed by atoms with E-state index in [4.69, 9.17) is 27.9 Å². The highest BCUT2D eigenvalue weighted by Gasteiger charge is 2.10. The fraction of sp³-hybridized carbons (Fsp3) is 0.0476. The molecular formula is C21H15Cl2FN2O3. The lowest BCUT2D eigenvalue weighted by Gasteiger charge is -2.10. The Balaban J connectivity index is 1.54. The van der Waals surface area contributed by atoms with Gasteiger partial charge < -0.3 is 15.4 Å². The largest absolute Gasteiger partial charge is 0.484 e. The van der Waals surface area contributed by atoms with Gasteiger partial charge in [-0.2, -0.15) is 0 Å². The summed E-state index contributed by atoms with van der Waals surface area (Å²) in [7, 11) is 0. The number of hydrogen-bond acceptors (Lipinski definition) is 3. The Morgan fingerprint density at radius 1 is 0.897 bits per heavy atom. The molecule has 0 atom stereocenters. The van der Waals surface area contributed by atoms with Gasteiger partial charge in [0.25, 0.3) is 11.8 Å². The lowest BCUT2D eigenvalue weighted by atomic mass is 10.2. The molecule has 0 unspecified atom stereocenters. The van der Waals surface area contributed by atoms with Crippen LogP contribution in [0.2, 0.25) is 10.0 Å². The van der Waals surface area contributed by atoms with Crippen molar-refractivity contribution in [3.8, 4) is 5.75 Å². The monoisotopic (exact) mass is 432 g/mol. The van der Waals surface area contributed by atoms with Gasteiger partial charge in [0.15, 0.2) is 6.61 Å². The highest BCUT2D eigenvalue weighted by molar-refractivity contribution is 6.35. The molecule has 2 amide bonds. The molecule has 0 radical (unpaired) electrons. The Bertz CT molecular complexity index is 1030. The summed E-state index contributed by atoms with van der Waals surface area (Å²) in [6.07, 6.45) is 0. The third-order valence-corrected chi connectivity index (χ3v) is 4.36. The van der Waals surface area contributed by atoms with Crippen LogP contribution in [0.1, 0.15) is 10.4 Å². The maximum absolute atomic E-state index is 12.9. The molecule has 0 saturated heterocycles. The van der Waals surface area contributed by atoms with E-state index in [-0.39, 0.29) is 18.3 Å². The summed E-state index contributed by atoms with van der Waals surface area (Å²) in [6.45, 7) is -0.235. The Hall–Kier alpha value is -3.09. The molecule has 0 aromatic heterocycles. The maximum Gasteiger partial charge on any atom is 0.262 e. The average Bonchev–Trinajstić information content (AvgIpc) is 2.71. The topological polar surface area (TPSA) is 67.4 Å². The van der Waals surface area contributed by atoms with Crippen molar-refractivity contribution in [1.82, 2.24) is 0 Å². The van der Waals surface area contributed by atoms with E-state index in [1.54, 1.807) is 42.5 Å². The fourth-order valence-electron chi connectivity index (χ4n) is 2.37. The maximum atomic E-state index is 12.9. The molecule has 29 heavy (non-hydrogen) atoms. The standard InChI is InChI=1S/C21H15Cl2FN2O3/c22-14-3-10-18(23)19(11-14)26-21(28)13-1-8-17(9-2-13)29-12-20(27)25-16-6-4-15(24)5-7-16/h1-11H,12H2,(H,25,27)(H,26,28). The minimum Gasteiger partial charge on any atom is -0.484 e. The van der Waals surface area contributed by atoms with E-state index in [9.17, 15) is 14.0 Å². The molecule has 8 heteroatoms. The number of carbonyl (C=O) groups excluding carboxylic acids is 2. The number of benzene rings is 3. The molecule has 0 aliphatic heterocycles. The van der Waals surface area contributed by atoms with Gasteiger partial charge in [0.1, 0.15) is 11.6 Å². The molecule has 3 aromatic rings. The number of anilines is 2. The van der Waals surface area contributed by atoms with Gasteiger partial charge >= 0.3 is 0 Å². The Morgan fingerprint density at radius 2 is 1.59 bits per heavy atom. The predicted octanol–water partition coefficient (Wildman–Crippen LogP) is 5.40. The lowest BCUT2D eigenvalue weighted by molar-refractivity contribution is -0.118. The highest BCUT2D eigenvalue weighted by atomic mass is 35.5. The van der Waals surface area contributed by atoms with Gasteiger partial charge in [0, 0.05) is 16.3 Å². The first-order valence-electron chi connectivity index (χ1n) is 8.45. The number of halogens is 3. The number of ether oxygens (including phenoxy) is 1. The second-order valence-electron chi connectivity index (χ2n) is 5.95. The summed E-state index contributed by atoms with van der Waals surface area (Å²) in [5.41, 5.74) is 1.25. The van der Waals surface area contributed by atoms with Crippen LogP contribution >= 0.6 is 23.2 Å². The van der Waals surface area contributed by atoms with Crippen LogP contribution < -0.4 is 15.4 Å². The molecule has 2 N–H and O–H groups in total. The lowest BCUT2D eigenvalue weighted by Crippen LogP contribution is -2.20. The summed E-state index contributed by atoms with van der Waals surface area (Å²) in [6, 6.07) is 16.4. The number of nitrogens with one attached hydrogen (secondary N) is 2. The van der Waals surface area contributed by atoms with E-state index in [1.165, 1.54) is 24.3 Å². The number of amides is 2. The molecule has 0 bridgehead atoms. The van der Waals surface area contributed by atoms with E-state index in [2.05, 4.69) is 10.6 Å². The van der Waals surface area contributed by atoms with Gasteiger partial charge in [-0.1, -0.05) is 23.2 Å². The zero-order valence-corrected chi connectivity index (χ0v) is 16.4. The molecule has 0 saturated carbocycles. The first kappa shape index (κ1) is 20.6. The predicted molar refractivity (Wildman–Crippen MR) is 111 cm³/mol. The van der Waals surface area contributed by atoms with Gasteiger partial charge in [-0.05, 0) is 66.7 Å². The number of hydrogen-bond donors (Lipinski definition) is 2. The van der Waals surface area contributed by atoms with Gasteiger partial charge in [-0.15, -0.1) is 0 Å². The third kappa shape index (κ3) is 5.94. The van der Waals surface area contributed by atoms with Crippen LogP contribution in [-0.4, -0.2) is 18.4 Å². The second kappa shape index (κ2) is 9.41. The van der Waals surface area contributed by atoms with Gasteiger partial charge in [-0.3, -0.25) is 9.59 Å². The summed E-state index contributed by atoms with van der Waals surface area (Å²) < 4.78 is 18.3. The molecule has 0 spiro atoms. The van der Waals surface area contributed by atoms with Crippen molar-refractivity contribution in [1.29, 1.82) is 0 Å². The van der Waals surface area contributed by atoms with Crippen molar-refractivity contribution in [2.45, 2.75) is 0 Å². The molecular weight excluding hydrogens is 418 g/mol. The van der Waals surface area contributed by atoms with E-state index in [0.717, 1.165) is 0 Å². The second-order valence-corrected chi connectivity index (χ2v) is 6.79. The van der Waals surface area contributed by atoms with Crippen molar-refractivity contribution in [3.05, 3.63) is 88.2 Å². The summed E-state index contributed by atoms with van der Waals surface area (Å²) in [4.78, 5) is 24.2. The molecule has 0 aliphatic rings. The van der Waals surface area contributed by atoms with Crippen LogP contribution in [0.15, 0.2) is 66.7 Å². The summed E-state index contributed by atoms with van der Waals surface area (Å²) in [5.74, 6) is -0.735. The average molecular weight is 433 g/mol. The van der Waals surface area contributed by atoms with Gasteiger partial charge in [0.05, 0.1) is 10.7 Å². The Morgan fingerprint density at radius 3 is 2.28 bits per heavy atom. The summed E-state index contributed by atoms with van der Waals surface area (Å²) in [5, 5.41) is 6.09. The third-order valence-electron chi connectivity index (χ3n) is 3.79. The first-order chi connectivity index (χ1) is 13.9. The van der Waals surface area contributed by atoms with Crippen molar-refractivity contribution in [3.63, 3.8) is 0 Å². The Kier molecular flexibility index (Phi) is 6.69. The smallest absolute Gasteiger partial charge is 0.262 e. The van der Waals surface area contributed by atoms with Gasteiger partial charge in [0.2, 0.25) is 0 Å². The Labute approximate surface area is 176 Å². The minimum atomic E-state index is -0.394. The number of carbonyl (C=O) groups is 2. The van der Waals surface area contributed by atoms with E-state index < -0.39 is 5.91 Å². The molecule has 3 aromatic carbocycles. The van der Waals surface area contributed by atoms with Crippen LogP contribution in [0.4, 0.5) is 15.8 Å². The van der Waals surface area contributed by atoms with E-state index in [1.807, 2.05) is 0 Å². The van der Waals surface area contributed by atoms with Crippen LogP contribution in [0.5, 0.6) is 5.75 Å². The van der Waals surface area contributed by atoms with Gasteiger partial charge in [-0.25, -0.2) is 4.39 Å². The van der Waals surface area contributed by atoms with Crippen molar-refractivity contribution >= 4 is 46.4 Å². The van der Waals surface area contributed by atoms with Crippen LogP contribution in [-0.2, 0) is 4.79 Å². The van der Waals surface area contributed by atoms with E-state index in [0.29, 0.717) is 32.7 Å². The SMILES string of the molecule is O=C(COc1ccc(C(=O)Nc2cc(Cl)ccc2Cl)cc1)Nc1ccc(F)cc1. The normalized spacial score (nSPS) is 10.3. The quantitative estimate of drug-likeness (QED) is 0.547.